The third-order valence-corrected chi connectivity index (χ3v) is 5.52. The molecule has 0 bridgehead atoms. The first-order valence-electron chi connectivity index (χ1n) is 8.13. The first-order valence-corrected chi connectivity index (χ1v) is 9.87. The molecule has 136 valence electrons. The van der Waals surface area contributed by atoms with Crippen LogP contribution in [0, 0.1) is 0 Å². The summed E-state index contributed by atoms with van der Waals surface area (Å²) in [6.45, 7) is 3.70. The molecule has 0 radical (unpaired) electrons. The molecule has 0 saturated heterocycles. The number of rotatable bonds is 3. The molecule has 5 nitrogen and oxygen atoms in total. The van der Waals surface area contributed by atoms with Gasteiger partial charge >= 0.3 is 0 Å². The van der Waals surface area contributed by atoms with Crippen LogP contribution in [0.2, 0.25) is 10.0 Å². The Hall–Kier alpha value is -2.28. The molecule has 1 amide bonds. The summed E-state index contributed by atoms with van der Waals surface area (Å²) in [6, 6.07) is 12.7. The number of fused-ring (bicyclic) bond motifs is 2. The summed E-state index contributed by atoms with van der Waals surface area (Å²) in [5.74, 6) is 0.400. The van der Waals surface area contributed by atoms with Crippen LogP contribution >= 0.6 is 35.0 Å². The van der Waals surface area contributed by atoms with Crippen molar-refractivity contribution in [2.75, 3.05) is 5.75 Å². The van der Waals surface area contributed by atoms with E-state index in [0.29, 0.717) is 32.0 Å². The number of thioether (sulfide) groups is 1. The zero-order valence-electron chi connectivity index (χ0n) is 14.0. The van der Waals surface area contributed by atoms with Crippen molar-refractivity contribution in [1.29, 1.82) is 0 Å². The fraction of sp³-hybridized carbons (Fsp3) is 0.105. The number of amides is 1. The van der Waals surface area contributed by atoms with Gasteiger partial charge in [0, 0.05) is 26.6 Å². The van der Waals surface area contributed by atoms with Gasteiger partial charge in [-0.25, -0.2) is 5.01 Å². The second kappa shape index (κ2) is 7.38. The van der Waals surface area contributed by atoms with E-state index in [2.05, 4.69) is 17.0 Å². The van der Waals surface area contributed by atoms with Gasteiger partial charge in [-0.05, 0) is 18.2 Å². The highest BCUT2D eigenvalue weighted by atomic mass is 35.5. The van der Waals surface area contributed by atoms with Crippen molar-refractivity contribution in [1.82, 2.24) is 10.3 Å². The molecule has 8 heteroatoms. The van der Waals surface area contributed by atoms with Crippen molar-refractivity contribution in [2.45, 2.75) is 6.17 Å². The van der Waals surface area contributed by atoms with Gasteiger partial charge in [0.2, 0.25) is 0 Å². The lowest BCUT2D eigenvalue weighted by molar-refractivity contribution is -0.116. The summed E-state index contributed by atoms with van der Waals surface area (Å²) < 4.78 is 0. The lowest BCUT2D eigenvalue weighted by Gasteiger charge is -2.34. The minimum absolute atomic E-state index is 0.228. The zero-order chi connectivity index (χ0) is 19.0. The molecule has 0 aromatic heterocycles. The maximum atomic E-state index is 12.9. The van der Waals surface area contributed by atoms with Gasteiger partial charge in [-0.3, -0.25) is 15.1 Å². The summed E-state index contributed by atoms with van der Waals surface area (Å²) in [4.78, 5) is 17.7. The number of hydrazone groups is 1. The number of nitrogens with zero attached hydrogens (tertiary/aromatic N) is 3. The van der Waals surface area contributed by atoms with Crippen molar-refractivity contribution >= 4 is 51.7 Å². The molecule has 0 saturated carbocycles. The van der Waals surface area contributed by atoms with Crippen molar-refractivity contribution < 1.29 is 4.79 Å². The van der Waals surface area contributed by atoms with Crippen molar-refractivity contribution in [2.24, 2.45) is 10.1 Å². The fourth-order valence-corrected chi connectivity index (χ4v) is 4.04. The third kappa shape index (κ3) is 3.36. The van der Waals surface area contributed by atoms with E-state index in [1.165, 1.54) is 11.8 Å². The first-order chi connectivity index (χ1) is 13.1. The Bertz CT molecular complexity index is 1100. The van der Waals surface area contributed by atoms with E-state index < -0.39 is 6.17 Å². The van der Waals surface area contributed by atoms with Crippen molar-refractivity contribution in [3.8, 4) is 0 Å². The number of hydrogen-bond donors (Lipinski definition) is 1. The van der Waals surface area contributed by atoms with E-state index >= 15 is 0 Å². The van der Waals surface area contributed by atoms with Crippen LogP contribution in [-0.2, 0) is 4.79 Å². The highest BCUT2D eigenvalue weighted by Crippen LogP contribution is 2.35. The van der Waals surface area contributed by atoms with Crippen LogP contribution in [0.3, 0.4) is 0 Å². The highest BCUT2D eigenvalue weighted by molar-refractivity contribution is 8.14. The van der Waals surface area contributed by atoms with Gasteiger partial charge in [0.15, 0.2) is 11.3 Å². The number of amidine groups is 1. The van der Waals surface area contributed by atoms with Crippen molar-refractivity contribution in [3.63, 3.8) is 0 Å². The molecule has 0 fully saturated rings. The Morgan fingerprint density at radius 1 is 1.26 bits per heavy atom. The molecule has 1 atom stereocenters. The van der Waals surface area contributed by atoms with Gasteiger partial charge in [-0.2, -0.15) is 0 Å². The Balaban J connectivity index is 1.93. The first kappa shape index (κ1) is 18.1. The zero-order valence-corrected chi connectivity index (χ0v) is 16.4. The van der Waals surface area contributed by atoms with Gasteiger partial charge in [0.25, 0.3) is 5.91 Å². The van der Waals surface area contributed by atoms with Crippen LogP contribution in [0.1, 0.15) is 11.7 Å². The number of halogens is 2. The fourth-order valence-electron chi connectivity index (χ4n) is 2.94. The summed E-state index contributed by atoms with van der Waals surface area (Å²) in [5, 5.41) is 12.0. The minimum Gasteiger partial charge on any atom is -0.298 e. The normalized spacial score (nSPS) is 18.1. The molecule has 2 aliphatic heterocycles. The van der Waals surface area contributed by atoms with Crippen LogP contribution < -0.4 is 15.9 Å². The number of para-hydroxylation sites is 1. The number of carbonyl (C=O) groups excluding carboxylic acids is 1. The second-order valence-corrected chi connectivity index (χ2v) is 7.69. The monoisotopic (exact) mass is 416 g/mol. The lowest BCUT2D eigenvalue weighted by atomic mass is 10.1. The Morgan fingerprint density at radius 2 is 2.07 bits per heavy atom. The molecule has 2 aromatic carbocycles. The van der Waals surface area contributed by atoms with E-state index in [1.54, 1.807) is 23.2 Å². The molecule has 2 aromatic rings. The van der Waals surface area contributed by atoms with E-state index in [4.69, 9.17) is 28.2 Å². The van der Waals surface area contributed by atoms with E-state index in [9.17, 15) is 4.79 Å². The number of benzene rings is 2. The smallest absolute Gasteiger partial charge is 0.276 e. The number of carbonyl (C=O) groups is 1. The molecular formula is C19H14Cl2N4OS. The summed E-state index contributed by atoms with van der Waals surface area (Å²) in [7, 11) is 0. The van der Waals surface area contributed by atoms with Gasteiger partial charge < -0.3 is 0 Å². The predicted octanol–water partition coefficient (Wildman–Crippen LogP) is 3.06. The van der Waals surface area contributed by atoms with Crippen LogP contribution in [0.15, 0.2) is 65.2 Å². The molecule has 4 rings (SSSR count). The van der Waals surface area contributed by atoms with Gasteiger partial charge in [0.05, 0.1) is 5.36 Å². The largest absolute Gasteiger partial charge is 0.298 e. The molecule has 1 N–H and O–H groups in total. The molecule has 2 heterocycles. The van der Waals surface area contributed by atoms with Crippen molar-refractivity contribution in [3.05, 3.63) is 81.3 Å². The van der Waals surface area contributed by atoms with Gasteiger partial charge in [0.1, 0.15) is 5.70 Å². The van der Waals surface area contributed by atoms with Gasteiger partial charge in [-0.1, -0.05) is 65.3 Å². The second-order valence-electron chi connectivity index (χ2n) is 5.84. The van der Waals surface area contributed by atoms with Crippen LogP contribution in [0.4, 0.5) is 0 Å². The molecule has 2 aliphatic rings. The third-order valence-electron chi connectivity index (χ3n) is 4.09. The van der Waals surface area contributed by atoms with Crippen LogP contribution in [-0.4, -0.2) is 21.8 Å². The summed E-state index contributed by atoms with van der Waals surface area (Å²) in [6.07, 6.45) is 1.19. The number of nitrogens with one attached hydrogen (secondary N) is 1. The predicted molar refractivity (Wildman–Crippen MR) is 110 cm³/mol. The highest BCUT2D eigenvalue weighted by Gasteiger charge is 2.35. The van der Waals surface area contributed by atoms with Crippen LogP contribution in [0.25, 0.3) is 5.70 Å². The Labute approximate surface area is 170 Å². The average Bonchev–Trinajstić information content (AvgIpc) is 2.65. The average molecular weight is 417 g/mol. The SMILES string of the molecule is C=CCSC1=NN2C(=c3ccccc3=N[C@H]2c2ccc(Cl)cc2Cl)C(=O)N1. The number of hydrogen-bond acceptors (Lipinski definition) is 5. The maximum absolute atomic E-state index is 12.9. The summed E-state index contributed by atoms with van der Waals surface area (Å²) >= 11 is 13.9. The van der Waals surface area contributed by atoms with Gasteiger partial charge in [-0.15, -0.1) is 11.7 Å². The minimum atomic E-state index is -0.565. The maximum Gasteiger partial charge on any atom is 0.276 e. The topological polar surface area (TPSA) is 57.1 Å². The standard InChI is InChI=1S/C19H14Cl2N4OS/c1-2-9-27-19-23-18(26)16-13-5-3-4-6-15(13)22-17(25(16)24-19)12-8-7-11(20)10-14(12)21/h2-8,10,17H,1,9H2,(H,23,24,26)/t17-/m1/s1. The van der Waals surface area contributed by atoms with E-state index in [1.807, 2.05) is 30.3 Å². The summed E-state index contributed by atoms with van der Waals surface area (Å²) in [5.41, 5.74) is 1.17. The molecule has 0 aliphatic carbocycles. The van der Waals surface area contributed by atoms with E-state index in [0.717, 1.165) is 10.8 Å². The molecule has 27 heavy (non-hydrogen) atoms. The molecule has 0 unspecified atom stereocenters. The molecular weight excluding hydrogens is 403 g/mol. The lowest BCUT2D eigenvalue weighted by Crippen LogP contribution is -2.50. The Morgan fingerprint density at radius 3 is 2.85 bits per heavy atom. The van der Waals surface area contributed by atoms with E-state index in [-0.39, 0.29) is 5.91 Å². The molecule has 0 spiro atoms. The van der Waals surface area contributed by atoms with Crippen LogP contribution in [0.5, 0.6) is 0 Å². The Kier molecular flexibility index (Phi) is 4.95. The quantitative estimate of drug-likeness (QED) is 0.782.